The van der Waals surface area contributed by atoms with Crippen molar-refractivity contribution < 1.29 is 19.4 Å². The molecule has 3 N–H and O–H groups in total. The van der Waals surface area contributed by atoms with Crippen molar-refractivity contribution in [3.8, 4) is 0 Å². The van der Waals surface area contributed by atoms with E-state index in [1.165, 1.54) is 25.1 Å². The third-order valence-electron chi connectivity index (χ3n) is 5.98. The standard InChI is InChI=1S/C27H25ClFN3O3/c1-27(35,16-33)24(14-20-5-2-3-12-30-20)32-26(34)21-6-4-7-22(29)25(21)23-13-18(15-31-23)17-8-10-19(28)11-9-17/h2-13,24,33,35H,14-16H2,1H3,(H,32,34)/t24-,27+/m1/s1. The Balaban J connectivity index is 1.63. The molecule has 0 radical (unpaired) electrons. The maximum Gasteiger partial charge on any atom is 0.252 e. The largest absolute Gasteiger partial charge is 0.393 e. The quantitative estimate of drug-likeness (QED) is 0.444. The minimum Gasteiger partial charge on any atom is -0.393 e. The number of nitrogens with one attached hydrogen (secondary N) is 1. The number of nitrogens with zero attached hydrogens (tertiary/aromatic N) is 2. The minimum absolute atomic E-state index is 0.0780. The van der Waals surface area contributed by atoms with Crippen molar-refractivity contribution in [3.05, 3.63) is 106 Å². The first-order chi connectivity index (χ1) is 16.8. The summed E-state index contributed by atoms with van der Waals surface area (Å²) in [4.78, 5) is 22.1. The summed E-state index contributed by atoms with van der Waals surface area (Å²) in [6.07, 6.45) is 3.54. The van der Waals surface area contributed by atoms with Gasteiger partial charge in [0, 0.05) is 28.9 Å². The van der Waals surface area contributed by atoms with Gasteiger partial charge in [0.25, 0.3) is 5.91 Å². The third kappa shape index (κ3) is 5.65. The lowest BCUT2D eigenvalue weighted by Gasteiger charge is -2.32. The first kappa shape index (κ1) is 24.7. The Morgan fingerprint density at radius 3 is 2.63 bits per heavy atom. The molecule has 0 fully saturated rings. The molecule has 2 atom stereocenters. The molecule has 2 aromatic carbocycles. The Labute approximate surface area is 207 Å². The first-order valence-electron chi connectivity index (χ1n) is 11.1. The van der Waals surface area contributed by atoms with Crippen LogP contribution in [-0.4, -0.2) is 51.6 Å². The van der Waals surface area contributed by atoms with E-state index in [-0.39, 0.29) is 17.5 Å². The molecule has 1 amide bonds. The van der Waals surface area contributed by atoms with E-state index in [2.05, 4.69) is 15.3 Å². The number of aliphatic imine (C=N–C) groups is 1. The van der Waals surface area contributed by atoms with Crippen LogP contribution >= 0.6 is 11.6 Å². The molecule has 0 saturated carbocycles. The Kier molecular flexibility index (Phi) is 7.40. The third-order valence-corrected chi connectivity index (χ3v) is 6.23. The highest BCUT2D eigenvalue weighted by Gasteiger charge is 2.34. The Morgan fingerprint density at radius 1 is 1.17 bits per heavy atom. The van der Waals surface area contributed by atoms with Crippen molar-refractivity contribution in [2.24, 2.45) is 4.99 Å². The highest BCUT2D eigenvalue weighted by Crippen LogP contribution is 2.26. The predicted octanol–water partition coefficient (Wildman–Crippen LogP) is 3.84. The summed E-state index contributed by atoms with van der Waals surface area (Å²) in [5.41, 5.74) is 1.29. The van der Waals surface area contributed by atoms with Crippen LogP contribution in [0.15, 0.2) is 77.9 Å². The number of rotatable bonds is 8. The topological polar surface area (TPSA) is 94.8 Å². The van der Waals surface area contributed by atoms with Crippen LogP contribution in [0.2, 0.25) is 5.02 Å². The average molecular weight is 494 g/mol. The highest BCUT2D eigenvalue weighted by atomic mass is 35.5. The van der Waals surface area contributed by atoms with Crippen molar-refractivity contribution >= 4 is 28.8 Å². The van der Waals surface area contributed by atoms with Crippen LogP contribution < -0.4 is 5.32 Å². The van der Waals surface area contributed by atoms with E-state index in [1.807, 2.05) is 12.1 Å². The van der Waals surface area contributed by atoms with Crippen LogP contribution in [0, 0.1) is 5.82 Å². The number of aliphatic hydroxyl groups excluding tert-OH is 1. The van der Waals surface area contributed by atoms with Gasteiger partial charge in [0.05, 0.1) is 30.5 Å². The van der Waals surface area contributed by atoms with Gasteiger partial charge < -0.3 is 15.5 Å². The average Bonchev–Trinajstić information content (AvgIpc) is 3.34. The zero-order valence-electron chi connectivity index (χ0n) is 19.1. The molecule has 0 aliphatic carbocycles. The number of amides is 1. The molecular weight excluding hydrogens is 469 g/mol. The Hall–Kier alpha value is -3.39. The fourth-order valence-electron chi connectivity index (χ4n) is 3.89. The number of carbonyl (C=O) groups is 1. The number of benzene rings is 2. The second kappa shape index (κ2) is 10.5. The van der Waals surface area contributed by atoms with Crippen LogP contribution in [0.25, 0.3) is 5.57 Å². The van der Waals surface area contributed by atoms with Crippen LogP contribution in [0.5, 0.6) is 0 Å². The SMILES string of the molecule is C[C@](O)(CO)[C@@H](Cc1ccccn1)NC(=O)c1cccc(F)c1C1=NCC(c2ccc(Cl)cc2)=C1. The van der Waals surface area contributed by atoms with Gasteiger partial charge in [-0.15, -0.1) is 0 Å². The summed E-state index contributed by atoms with van der Waals surface area (Å²) in [5, 5.41) is 23.9. The second-order valence-electron chi connectivity index (χ2n) is 8.61. The van der Waals surface area contributed by atoms with E-state index in [0.717, 1.165) is 11.1 Å². The second-order valence-corrected chi connectivity index (χ2v) is 9.04. The van der Waals surface area contributed by atoms with Crippen molar-refractivity contribution in [2.75, 3.05) is 13.2 Å². The fourth-order valence-corrected chi connectivity index (χ4v) is 4.02. The molecule has 35 heavy (non-hydrogen) atoms. The van der Waals surface area contributed by atoms with Gasteiger partial charge >= 0.3 is 0 Å². The lowest BCUT2D eigenvalue weighted by molar-refractivity contribution is -0.0277. The fraction of sp³-hybridized carbons (Fsp3) is 0.222. The van der Waals surface area contributed by atoms with Crippen molar-refractivity contribution in [3.63, 3.8) is 0 Å². The monoisotopic (exact) mass is 493 g/mol. The summed E-state index contributed by atoms with van der Waals surface area (Å²) in [6, 6.07) is 15.9. The number of aliphatic hydroxyl groups is 2. The normalized spacial score (nSPS) is 15.7. The van der Waals surface area contributed by atoms with Gasteiger partial charge in [-0.3, -0.25) is 14.8 Å². The van der Waals surface area contributed by atoms with Gasteiger partial charge in [-0.05, 0) is 60.5 Å². The van der Waals surface area contributed by atoms with Crippen molar-refractivity contribution in [1.82, 2.24) is 10.3 Å². The number of hydrogen-bond donors (Lipinski definition) is 3. The van der Waals surface area contributed by atoms with E-state index in [1.54, 1.807) is 42.6 Å². The smallest absolute Gasteiger partial charge is 0.252 e. The number of carbonyl (C=O) groups excluding carboxylic acids is 1. The molecule has 3 aromatic rings. The summed E-state index contributed by atoms with van der Waals surface area (Å²) in [6.45, 7) is 1.18. The van der Waals surface area contributed by atoms with E-state index in [9.17, 15) is 15.0 Å². The molecule has 0 unspecified atom stereocenters. The number of halogens is 2. The van der Waals surface area contributed by atoms with Gasteiger partial charge in [-0.1, -0.05) is 35.9 Å². The molecule has 1 aromatic heterocycles. The molecular formula is C27H25ClFN3O3. The molecule has 0 saturated heterocycles. The molecule has 1 aliphatic heterocycles. The summed E-state index contributed by atoms with van der Waals surface area (Å²) in [7, 11) is 0. The van der Waals surface area contributed by atoms with E-state index in [0.29, 0.717) is 23.0 Å². The summed E-state index contributed by atoms with van der Waals surface area (Å²) in [5.74, 6) is -1.18. The molecule has 8 heteroatoms. The molecule has 0 bridgehead atoms. The van der Waals surface area contributed by atoms with Crippen LogP contribution in [0.1, 0.15) is 34.1 Å². The Bertz CT molecular complexity index is 1270. The van der Waals surface area contributed by atoms with Gasteiger partial charge in [0.1, 0.15) is 11.4 Å². The van der Waals surface area contributed by atoms with E-state index < -0.39 is 30.0 Å². The van der Waals surface area contributed by atoms with Crippen LogP contribution in [-0.2, 0) is 6.42 Å². The molecule has 2 heterocycles. The van der Waals surface area contributed by atoms with Crippen molar-refractivity contribution in [2.45, 2.75) is 25.0 Å². The zero-order valence-corrected chi connectivity index (χ0v) is 19.8. The number of aromatic nitrogens is 1. The van der Waals surface area contributed by atoms with E-state index in [4.69, 9.17) is 11.6 Å². The van der Waals surface area contributed by atoms with Gasteiger partial charge in [0.2, 0.25) is 0 Å². The summed E-state index contributed by atoms with van der Waals surface area (Å²) >= 11 is 5.97. The summed E-state index contributed by atoms with van der Waals surface area (Å²) < 4.78 is 15.0. The minimum atomic E-state index is -1.63. The van der Waals surface area contributed by atoms with E-state index >= 15 is 4.39 Å². The van der Waals surface area contributed by atoms with Crippen LogP contribution in [0.3, 0.4) is 0 Å². The molecule has 4 rings (SSSR count). The number of hydrogen-bond acceptors (Lipinski definition) is 5. The Morgan fingerprint density at radius 2 is 1.94 bits per heavy atom. The van der Waals surface area contributed by atoms with Gasteiger partial charge in [-0.25, -0.2) is 4.39 Å². The van der Waals surface area contributed by atoms with Gasteiger partial charge in [-0.2, -0.15) is 0 Å². The molecule has 1 aliphatic rings. The number of allylic oxidation sites excluding steroid dienone is 1. The van der Waals surface area contributed by atoms with Crippen LogP contribution in [0.4, 0.5) is 4.39 Å². The maximum atomic E-state index is 15.0. The lowest BCUT2D eigenvalue weighted by Crippen LogP contribution is -2.54. The lowest BCUT2D eigenvalue weighted by atomic mass is 9.92. The predicted molar refractivity (Wildman–Crippen MR) is 134 cm³/mol. The molecule has 6 nitrogen and oxygen atoms in total. The zero-order chi connectivity index (χ0) is 25.0. The first-order valence-corrected chi connectivity index (χ1v) is 11.5. The molecule has 0 spiro atoms. The maximum absolute atomic E-state index is 15.0. The number of pyridine rings is 1. The highest BCUT2D eigenvalue weighted by molar-refractivity contribution is 6.30. The van der Waals surface area contributed by atoms with Gasteiger partial charge in [0.15, 0.2) is 0 Å². The molecule has 180 valence electrons. The van der Waals surface area contributed by atoms with Crippen molar-refractivity contribution in [1.29, 1.82) is 0 Å².